The molecule has 1 amide bonds. The summed E-state index contributed by atoms with van der Waals surface area (Å²) >= 11 is 0. The van der Waals surface area contributed by atoms with Crippen LogP contribution in [0.2, 0.25) is 0 Å². The number of alkyl halides is 3. The molecular formula is C17H32F3N5O. The zero-order valence-electron chi connectivity index (χ0n) is 16.4. The first kappa shape index (κ1) is 22.5. The molecule has 1 atom stereocenters. The molecule has 0 bridgehead atoms. The fourth-order valence-corrected chi connectivity index (χ4v) is 2.70. The van der Waals surface area contributed by atoms with Gasteiger partial charge in [-0.15, -0.1) is 0 Å². The third-order valence-electron chi connectivity index (χ3n) is 4.55. The average Bonchev–Trinajstić information content (AvgIpc) is 2.57. The first-order chi connectivity index (χ1) is 12.0. The highest BCUT2D eigenvalue weighted by atomic mass is 19.4. The summed E-state index contributed by atoms with van der Waals surface area (Å²) in [4.78, 5) is 20.1. The summed E-state index contributed by atoms with van der Waals surface area (Å²) in [6.07, 6.45) is -4.21. The van der Waals surface area contributed by atoms with E-state index in [1.54, 1.807) is 0 Å². The maximum Gasteiger partial charge on any atom is 0.403 e. The summed E-state index contributed by atoms with van der Waals surface area (Å²) in [5.41, 5.74) is -0.650. The van der Waals surface area contributed by atoms with E-state index in [9.17, 15) is 18.0 Å². The molecule has 1 saturated heterocycles. The summed E-state index contributed by atoms with van der Waals surface area (Å²) in [5, 5.41) is 5.97. The molecule has 1 unspecified atom stereocenters. The van der Waals surface area contributed by atoms with Crippen molar-refractivity contribution in [3.8, 4) is 0 Å². The summed E-state index contributed by atoms with van der Waals surface area (Å²) in [5.74, 6) is 0.576. The Morgan fingerprint density at radius 1 is 1.08 bits per heavy atom. The number of hydrogen-bond acceptors (Lipinski definition) is 3. The Morgan fingerprint density at radius 3 is 2.08 bits per heavy atom. The van der Waals surface area contributed by atoms with Crippen molar-refractivity contribution in [1.82, 2.24) is 20.4 Å². The lowest BCUT2D eigenvalue weighted by Gasteiger charge is -2.39. The van der Waals surface area contributed by atoms with Crippen LogP contribution in [0.15, 0.2) is 4.99 Å². The maximum atomic E-state index is 12.9. The molecule has 26 heavy (non-hydrogen) atoms. The van der Waals surface area contributed by atoms with Gasteiger partial charge in [0.1, 0.15) is 6.04 Å². The van der Waals surface area contributed by atoms with E-state index in [1.807, 2.05) is 32.6 Å². The van der Waals surface area contributed by atoms with Crippen LogP contribution in [-0.4, -0.2) is 79.7 Å². The van der Waals surface area contributed by atoms with Gasteiger partial charge in [-0.05, 0) is 34.6 Å². The highest BCUT2D eigenvalue weighted by Crippen LogP contribution is 2.25. The fraction of sp³-hybridized carbons (Fsp3) is 0.882. The van der Waals surface area contributed by atoms with Gasteiger partial charge in [0.15, 0.2) is 5.96 Å². The number of rotatable bonds is 6. The van der Waals surface area contributed by atoms with E-state index in [-0.39, 0.29) is 5.91 Å². The van der Waals surface area contributed by atoms with E-state index in [1.165, 1.54) is 11.8 Å². The van der Waals surface area contributed by atoms with Gasteiger partial charge >= 0.3 is 6.18 Å². The van der Waals surface area contributed by atoms with Crippen molar-refractivity contribution in [3.63, 3.8) is 0 Å². The largest absolute Gasteiger partial charge is 0.403 e. The van der Waals surface area contributed by atoms with Gasteiger partial charge in [0.25, 0.3) is 0 Å². The number of halogens is 3. The lowest BCUT2D eigenvalue weighted by Crippen LogP contribution is -2.57. The number of piperazine rings is 1. The van der Waals surface area contributed by atoms with Crippen LogP contribution in [0.4, 0.5) is 13.2 Å². The Balaban J connectivity index is 2.72. The molecule has 6 nitrogen and oxygen atoms in total. The molecule has 152 valence electrons. The topological polar surface area (TPSA) is 60.0 Å². The monoisotopic (exact) mass is 379 g/mol. The van der Waals surface area contributed by atoms with Crippen LogP contribution in [0, 0.1) is 5.41 Å². The zero-order chi connectivity index (χ0) is 20.0. The molecule has 1 fully saturated rings. The van der Waals surface area contributed by atoms with Gasteiger partial charge in [-0.1, -0.05) is 0 Å². The standard InChI is InChI=1S/C17H32F3N5O/c1-6-21-14(26)16(4,5)12-23-15(22-7-2)25-10-8-24(9-11-25)13(3)17(18,19)20/h13H,6-12H2,1-5H3,(H,21,26)(H,22,23). The zero-order valence-corrected chi connectivity index (χ0v) is 16.4. The summed E-state index contributed by atoms with van der Waals surface area (Å²) < 4.78 is 38.6. The molecule has 9 heteroatoms. The Hall–Kier alpha value is -1.51. The summed E-state index contributed by atoms with van der Waals surface area (Å²) in [7, 11) is 0. The number of carbonyl (C=O) groups is 1. The number of nitrogens with zero attached hydrogens (tertiary/aromatic N) is 3. The molecule has 1 heterocycles. The van der Waals surface area contributed by atoms with Gasteiger partial charge in [0.05, 0.1) is 12.0 Å². The van der Waals surface area contributed by atoms with E-state index in [0.717, 1.165) is 0 Å². The molecule has 0 saturated carbocycles. The van der Waals surface area contributed by atoms with E-state index >= 15 is 0 Å². The van der Waals surface area contributed by atoms with Crippen LogP contribution in [0.5, 0.6) is 0 Å². The molecule has 2 N–H and O–H groups in total. The van der Waals surface area contributed by atoms with Crippen molar-refractivity contribution >= 4 is 11.9 Å². The highest BCUT2D eigenvalue weighted by Gasteiger charge is 2.41. The molecule has 1 aliphatic heterocycles. The first-order valence-corrected chi connectivity index (χ1v) is 9.15. The third kappa shape index (κ3) is 6.34. The third-order valence-corrected chi connectivity index (χ3v) is 4.55. The number of nitrogens with one attached hydrogen (secondary N) is 2. The van der Waals surface area contributed by atoms with Gasteiger partial charge in [0, 0.05) is 39.3 Å². The van der Waals surface area contributed by atoms with Crippen molar-refractivity contribution in [3.05, 3.63) is 0 Å². The average molecular weight is 379 g/mol. The van der Waals surface area contributed by atoms with Gasteiger partial charge in [-0.2, -0.15) is 13.2 Å². The van der Waals surface area contributed by atoms with E-state index in [2.05, 4.69) is 15.6 Å². The van der Waals surface area contributed by atoms with Crippen LogP contribution in [0.3, 0.4) is 0 Å². The van der Waals surface area contributed by atoms with Crippen molar-refractivity contribution in [2.75, 3.05) is 45.8 Å². The Labute approximate surface area is 154 Å². The Morgan fingerprint density at radius 2 is 1.62 bits per heavy atom. The minimum absolute atomic E-state index is 0.0663. The summed E-state index contributed by atoms with van der Waals surface area (Å²) in [6.45, 7) is 11.8. The second-order valence-electron chi connectivity index (χ2n) is 7.15. The number of guanidine groups is 1. The SMILES string of the molecule is CCNC(=O)C(C)(C)CN=C(NCC)N1CCN(C(C)C(F)(F)F)CC1. The lowest BCUT2D eigenvalue weighted by molar-refractivity contribution is -0.181. The van der Waals surface area contributed by atoms with Crippen LogP contribution >= 0.6 is 0 Å². The Kier molecular flexibility index (Phi) is 8.17. The van der Waals surface area contributed by atoms with Crippen molar-refractivity contribution in [2.45, 2.75) is 46.8 Å². The quantitative estimate of drug-likeness (QED) is 0.545. The van der Waals surface area contributed by atoms with Gasteiger partial charge in [0.2, 0.25) is 5.91 Å². The van der Waals surface area contributed by atoms with Gasteiger partial charge in [-0.25, -0.2) is 0 Å². The predicted molar refractivity (Wildman–Crippen MR) is 97.1 cm³/mol. The summed E-state index contributed by atoms with van der Waals surface area (Å²) in [6, 6.07) is -1.44. The predicted octanol–water partition coefficient (Wildman–Crippen LogP) is 1.68. The van der Waals surface area contributed by atoms with Crippen LogP contribution < -0.4 is 10.6 Å². The van der Waals surface area contributed by atoms with Crippen molar-refractivity contribution in [2.24, 2.45) is 10.4 Å². The van der Waals surface area contributed by atoms with Crippen molar-refractivity contribution < 1.29 is 18.0 Å². The molecule has 0 aromatic carbocycles. The van der Waals surface area contributed by atoms with Crippen molar-refractivity contribution in [1.29, 1.82) is 0 Å². The smallest absolute Gasteiger partial charge is 0.357 e. The number of hydrogen-bond donors (Lipinski definition) is 2. The van der Waals surface area contributed by atoms with Crippen LogP contribution in [0.1, 0.15) is 34.6 Å². The molecule has 0 aromatic rings. The first-order valence-electron chi connectivity index (χ1n) is 9.15. The second kappa shape index (κ2) is 9.43. The molecule has 1 rings (SSSR count). The van der Waals surface area contributed by atoms with Gasteiger partial charge < -0.3 is 15.5 Å². The van der Waals surface area contributed by atoms with E-state index in [0.29, 0.717) is 51.8 Å². The van der Waals surface area contributed by atoms with Crippen LogP contribution in [0.25, 0.3) is 0 Å². The second-order valence-corrected chi connectivity index (χ2v) is 7.15. The highest BCUT2D eigenvalue weighted by molar-refractivity contribution is 5.83. The molecule has 0 spiro atoms. The molecule has 0 radical (unpaired) electrons. The minimum Gasteiger partial charge on any atom is -0.357 e. The number of aliphatic imine (C=N–C) groups is 1. The molecule has 0 aliphatic carbocycles. The van der Waals surface area contributed by atoms with E-state index in [4.69, 9.17) is 0 Å². The lowest BCUT2D eigenvalue weighted by atomic mass is 9.92. The molecule has 1 aliphatic rings. The van der Waals surface area contributed by atoms with Crippen LogP contribution in [-0.2, 0) is 4.79 Å². The normalized spacial score (nSPS) is 18.6. The Bertz CT molecular complexity index is 485. The van der Waals surface area contributed by atoms with E-state index < -0.39 is 17.6 Å². The molecule has 0 aromatic heterocycles. The fourth-order valence-electron chi connectivity index (χ4n) is 2.70. The number of amides is 1. The van der Waals surface area contributed by atoms with Gasteiger partial charge in [-0.3, -0.25) is 14.7 Å². The molecular weight excluding hydrogens is 347 g/mol. The minimum atomic E-state index is -4.21. The number of carbonyl (C=O) groups excluding carboxylic acids is 1. The maximum absolute atomic E-state index is 12.9.